The molecule has 4 nitrogen and oxygen atoms in total. The van der Waals surface area contributed by atoms with Crippen LogP contribution < -0.4 is 0 Å². The Bertz CT molecular complexity index is 369. The molecule has 0 bridgehead atoms. The summed E-state index contributed by atoms with van der Waals surface area (Å²) in [4.78, 5) is 12.1. The van der Waals surface area contributed by atoms with Gasteiger partial charge in [0.05, 0.1) is 24.9 Å². The summed E-state index contributed by atoms with van der Waals surface area (Å²) >= 11 is 0. The largest absolute Gasteiger partial charge is 0.463 e. The first-order chi connectivity index (χ1) is 8.78. The van der Waals surface area contributed by atoms with Crippen LogP contribution in [0.5, 0.6) is 0 Å². The molecule has 0 spiro atoms. The predicted octanol–water partition coefficient (Wildman–Crippen LogP) is 1.81. The topological polar surface area (TPSA) is 51.4 Å². The molecule has 2 heterocycles. The number of ether oxygens (including phenoxy) is 3. The number of fused-ring (bicyclic) bond motifs is 2. The number of rotatable bonds is 3. The van der Waals surface area contributed by atoms with Crippen LogP contribution in [-0.4, -0.2) is 36.5 Å². The van der Waals surface area contributed by atoms with Crippen LogP contribution in [0.25, 0.3) is 0 Å². The SMILES string of the molecule is O=C(OCC1CCC2OC2C1)C12CCCCC1O2. The lowest BCUT2D eigenvalue weighted by molar-refractivity contribution is -0.152. The first kappa shape index (κ1) is 11.2. The highest BCUT2D eigenvalue weighted by molar-refractivity contribution is 5.83. The Morgan fingerprint density at radius 2 is 2.17 bits per heavy atom. The van der Waals surface area contributed by atoms with Crippen molar-refractivity contribution in [3.05, 3.63) is 0 Å². The van der Waals surface area contributed by atoms with E-state index < -0.39 is 5.60 Å². The molecule has 5 atom stereocenters. The molecule has 2 saturated carbocycles. The molecule has 0 N–H and O–H groups in total. The Hall–Kier alpha value is -0.610. The molecule has 5 unspecified atom stereocenters. The molecule has 2 aliphatic carbocycles. The Morgan fingerprint density at radius 3 is 3.00 bits per heavy atom. The van der Waals surface area contributed by atoms with Crippen LogP contribution in [0.1, 0.15) is 44.9 Å². The molecule has 4 rings (SSSR count). The van der Waals surface area contributed by atoms with Gasteiger partial charge in [0.15, 0.2) is 5.60 Å². The van der Waals surface area contributed by atoms with E-state index in [1.54, 1.807) is 0 Å². The fraction of sp³-hybridized carbons (Fsp3) is 0.929. The van der Waals surface area contributed by atoms with Crippen LogP contribution in [0.15, 0.2) is 0 Å². The van der Waals surface area contributed by atoms with Gasteiger partial charge in [0, 0.05) is 0 Å². The third-order valence-electron chi connectivity index (χ3n) is 4.99. The van der Waals surface area contributed by atoms with Gasteiger partial charge in [0.2, 0.25) is 0 Å². The number of carbonyl (C=O) groups excluding carboxylic acids is 1. The fourth-order valence-electron chi connectivity index (χ4n) is 3.68. The average Bonchev–Trinajstić information content (AvgIpc) is 3.27. The highest BCUT2D eigenvalue weighted by atomic mass is 16.7. The van der Waals surface area contributed by atoms with E-state index in [1.165, 1.54) is 6.42 Å². The van der Waals surface area contributed by atoms with E-state index >= 15 is 0 Å². The Morgan fingerprint density at radius 1 is 1.22 bits per heavy atom. The van der Waals surface area contributed by atoms with Gasteiger partial charge in [-0.25, -0.2) is 4.79 Å². The van der Waals surface area contributed by atoms with Crippen molar-refractivity contribution in [2.45, 2.75) is 68.9 Å². The third kappa shape index (κ3) is 1.77. The van der Waals surface area contributed by atoms with Crippen LogP contribution in [0.2, 0.25) is 0 Å². The van der Waals surface area contributed by atoms with Crippen LogP contribution in [0, 0.1) is 5.92 Å². The molecule has 0 radical (unpaired) electrons. The monoisotopic (exact) mass is 252 g/mol. The second kappa shape index (κ2) is 3.94. The maximum Gasteiger partial charge on any atom is 0.341 e. The summed E-state index contributed by atoms with van der Waals surface area (Å²) in [5, 5.41) is 0. The molecule has 100 valence electrons. The van der Waals surface area contributed by atoms with Gasteiger partial charge >= 0.3 is 5.97 Å². The summed E-state index contributed by atoms with van der Waals surface area (Å²) in [6.07, 6.45) is 8.62. The Balaban J connectivity index is 1.28. The van der Waals surface area contributed by atoms with Crippen LogP contribution in [0.3, 0.4) is 0 Å². The van der Waals surface area contributed by atoms with E-state index in [-0.39, 0.29) is 12.1 Å². The van der Waals surface area contributed by atoms with Gasteiger partial charge in [-0.1, -0.05) is 6.42 Å². The van der Waals surface area contributed by atoms with E-state index in [1.807, 2.05) is 0 Å². The summed E-state index contributed by atoms with van der Waals surface area (Å²) in [7, 11) is 0. The van der Waals surface area contributed by atoms with Crippen molar-refractivity contribution < 1.29 is 19.0 Å². The summed E-state index contributed by atoms with van der Waals surface area (Å²) in [6.45, 7) is 0.559. The molecule has 2 aliphatic heterocycles. The van der Waals surface area contributed by atoms with Crippen LogP contribution >= 0.6 is 0 Å². The lowest BCUT2D eigenvalue weighted by Gasteiger charge is -2.21. The second-order valence-corrected chi connectivity index (χ2v) is 6.23. The standard InChI is InChI=1S/C14H20O4/c15-13(14-6-2-1-3-12(14)18-14)16-8-9-4-5-10-11(7-9)17-10/h9-12H,1-8H2. The first-order valence-electron chi connectivity index (χ1n) is 7.28. The van der Waals surface area contributed by atoms with Crippen molar-refractivity contribution in [1.29, 1.82) is 0 Å². The number of esters is 1. The van der Waals surface area contributed by atoms with Crippen molar-refractivity contribution in [1.82, 2.24) is 0 Å². The van der Waals surface area contributed by atoms with E-state index in [4.69, 9.17) is 14.2 Å². The zero-order chi connectivity index (χ0) is 12.2. The maximum absolute atomic E-state index is 12.1. The minimum Gasteiger partial charge on any atom is -0.463 e. The zero-order valence-corrected chi connectivity index (χ0v) is 10.6. The number of hydrogen-bond donors (Lipinski definition) is 0. The van der Waals surface area contributed by atoms with Crippen molar-refractivity contribution >= 4 is 5.97 Å². The molecular weight excluding hydrogens is 232 g/mol. The smallest absolute Gasteiger partial charge is 0.341 e. The van der Waals surface area contributed by atoms with E-state index in [0.29, 0.717) is 24.7 Å². The maximum atomic E-state index is 12.1. The van der Waals surface area contributed by atoms with Gasteiger partial charge < -0.3 is 14.2 Å². The molecule has 4 fully saturated rings. The lowest BCUT2D eigenvalue weighted by atomic mass is 9.88. The van der Waals surface area contributed by atoms with Crippen molar-refractivity contribution in [2.24, 2.45) is 5.92 Å². The quantitative estimate of drug-likeness (QED) is 0.568. The summed E-state index contributed by atoms with van der Waals surface area (Å²) in [6, 6.07) is 0. The second-order valence-electron chi connectivity index (χ2n) is 6.23. The molecular formula is C14H20O4. The summed E-state index contributed by atoms with van der Waals surface area (Å²) < 4.78 is 16.6. The van der Waals surface area contributed by atoms with Gasteiger partial charge in [0.1, 0.15) is 0 Å². The van der Waals surface area contributed by atoms with Crippen molar-refractivity contribution in [3.8, 4) is 0 Å². The Labute approximate surface area is 107 Å². The number of hydrogen-bond acceptors (Lipinski definition) is 4. The average molecular weight is 252 g/mol. The molecule has 0 aromatic carbocycles. The predicted molar refractivity (Wildman–Crippen MR) is 63.0 cm³/mol. The molecule has 0 amide bonds. The first-order valence-corrected chi connectivity index (χ1v) is 7.28. The van der Waals surface area contributed by atoms with Crippen molar-refractivity contribution in [2.75, 3.05) is 6.61 Å². The Kier molecular flexibility index (Phi) is 2.46. The van der Waals surface area contributed by atoms with Gasteiger partial charge in [-0.2, -0.15) is 0 Å². The number of carbonyl (C=O) groups is 1. The summed E-state index contributed by atoms with van der Waals surface area (Å²) in [5.74, 6) is 0.390. The van der Waals surface area contributed by atoms with Crippen LogP contribution in [0.4, 0.5) is 0 Å². The molecule has 2 saturated heterocycles. The highest BCUT2D eigenvalue weighted by Crippen LogP contribution is 2.48. The molecule has 0 aromatic rings. The normalized spacial score (nSPS) is 48.9. The van der Waals surface area contributed by atoms with Gasteiger partial charge in [-0.15, -0.1) is 0 Å². The van der Waals surface area contributed by atoms with Crippen molar-refractivity contribution in [3.63, 3.8) is 0 Å². The van der Waals surface area contributed by atoms with E-state index in [0.717, 1.165) is 38.5 Å². The van der Waals surface area contributed by atoms with E-state index in [9.17, 15) is 4.79 Å². The molecule has 4 heteroatoms. The van der Waals surface area contributed by atoms with E-state index in [2.05, 4.69) is 0 Å². The lowest BCUT2D eigenvalue weighted by Crippen LogP contribution is -2.33. The number of epoxide rings is 2. The minimum absolute atomic E-state index is 0.106. The molecule has 4 aliphatic rings. The summed E-state index contributed by atoms with van der Waals surface area (Å²) in [5.41, 5.74) is -0.536. The fourth-order valence-corrected chi connectivity index (χ4v) is 3.68. The third-order valence-corrected chi connectivity index (χ3v) is 4.99. The highest BCUT2D eigenvalue weighted by Gasteiger charge is 2.64. The van der Waals surface area contributed by atoms with Gasteiger partial charge in [0.25, 0.3) is 0 Å². The minimum atomic E-state index is -0.536. The zero-order valence-electron chi connectivity index (χ0n) is 10.6. The van der Waals surface area contributed by atoms with Gasteiger partial charge in [-0.05, 0) is 44.4 Å². The molecule has 18 heavy (non-hydrogen) atoms. The van der Waals surface area contributed by atoms with Gasteiger partial charge in [-0.3, -0.25) is 0 Å². The molecule has 0 aromatic heterocycles. The van der Waals surface area contributed by atoms with Crippen LogP contribution in [-0.2, 0) is 19.0 Å².